The van der Waals surface area contributed by atoms with E-state index in [9.17, 15) is 28.5 Å². The molecular formula is C24H30O9S. The minimum absolute atomic E-state index is 0.225. The fourth-order valence-electron chi connectivity index (χ4n) is 3.28. The predicted octanol–water partition coefficient (Wildman–Crippen LogP) is 1.53. The van der Waals surface area contributed by atoms with E-state index in [4.69, 9.17) is 14.2 Å². The molecule has 1 fully saturated rings. The van der Waals surface area contributed by atoms with Crippen LogP contribution in [0.15, 0.2) is 53.4 Å². The van der Waals surface area contributed by atoms with Crippen LogP contribution < -0.4 is 4.74 Å². The third-order valence-corrected chi connectivity index (χ3v) is 6.51. The van der Waals surface area contributed by atoms with Crippen LogP contribution in [0.5, 0.6) is 5.75 Å². The van der Waals surface area contributed by atoms with Crippen molar-refractivity contribution in [3.63, 3.8) is 0 Å². The van der Waals surface area contributed by atoms with Crippen molar-refractivity contribution in [2.45, 2.75) is 56.4 Å². The normalized spacial score (nSPS) is 25.6. The third-order valence-electron chi connectivity index (χ3n) is 5.38. The molecule has 10 heteroatoms. The lowest BCUT2D eigenvalue weighted by Gasteiger charge is -2.40. The summed E-state index contributed by atoms with van der Waals surface area (Å²) in [6.07, 6.45) is -5.83. The van der Waals surface area contributed by atoms with Crippen LogP contribution in [0.1, 0.15) is 20.8 Å². The molecule has 9 nitrogen and oxygen atoms in total. The summed E-state index contributed by atoms with van der Waals surface area (Å²) in [6.45, 7) is 4.73. The molecule has 2 aromatic carbocycles. The van der Waals surface area contributed by atoms with Gasteiger partial charge in [-0.2, -0.15) is 0 Å². The van der Waals surface area contributed by atoms with Gasteiger partial charge in [0.2, 0.25) is 6.29 Å². The Morgan fingerprint density at radius 3 is 1.94 bits per heavy atom. The van der Waals surface area contributed by atoms with Crippen molar-refractivity contribution in [3.05, 3.63) is 48.5 Å². The van der Waals surface area contributed by atoms with Gasteiger partial charge in [-0.25, -0.2) is 8.42 Å². The molecule has 1 aliphatic heterocycles. The highest BCUT2D eigenvalue weighted by molar-refractivity contribution is 7.90. The van der Waals surface area contributed by atoms with Crippen molar-refractivity contribution >= 4 is 15.8 Å². The molecule has 5 atom stereocenters. The highest BCUT2D eigenvalue weighted by atomic mass is 32.2. The van der Waals surface area contributed by atoms with Gasteiger partial charge in [0, 0.05) is 6.26 Å². The van der Waals surface area contributed by atoms with E-state index in [1.165, 1.54) is 12.1 Å². The lowest BCUT2D eigenvalue weighted by molar-refractivity contribution is -0.279. The average molecular weight is 495 g/mol. The molecule has 0 aliphatic carbocycles. The van der Waals surface area contributed by atoms with Gasteiger partial charge in [0.05, 0.1) is 10.3 Å². The highest BCUT2D eigenvalue weighted by Crippen LogP contribution is 2.28. The second-order valence-corrected chi connectivity index (χ2v) is 11.3. The van der Waals surface area contributed by atoms with Crippen LogP contribution >= 0.6 is 0 Å². The Morgan fingerprint density at radius 2 is 1.44 bits per heavy atom. The first kappa shape index (κ1) is 26.1. The second-order valence-electron chi connectivity index (χ2n) is 9.30. The number of ether oxygens (including phenoxy) is 3. The summed E-state index contributed by atoms with van der Waals surface area (Å²) < 4.78 is 39.7. The van der Waals surface area contributed by atoms with Crippen molar-refractivity contribution in [2.24, 2.45) is 5.41 Å². The molecule has 0 spiro atoms. The summed E-state index contributed by atoms with van der Waals surface area (Å²) in [5, 5.41) is 30.7. The van der Waals surface area contributed by atoms with E-state index in [2.05, 4.69) is 0 Å². The van der Waals surface area contributed by atoms with E-state index < -0.39 is 51.9 Å². The number of benzene rings is 2. The molecule has 186 valence electrons. The summed E-state index contributed by atoms with van der Waals surface area (Å²) >= 11 is 0. The number of sulfone groups is 1. The van der Waals surface area contributed by atoms with E-state index in [1.54, 1.807) is 57.2 Å². The molecule has 0 radical (unpaired) electrons. The third kappa shape index (κ3) is 6.13. The number of aliphatic hydroxyl groups excluding tert-OH is 3. The monoisotopic (exact) mass is 494 g/mol. The first-order valence-corrected chi connectivity index (χ1v) is 12.6. The van der Waals surface area contributed by atoms with Crippen LogP contribution in [0.2, 0.25) is 0 Å². The van der Waals surface area contributed by atoms with Crippen LogP contribution in [-0.2, 0) is 24.1 Å². The molecule has 1 aliphatic rings. The van der Waals surface area contributed by atoms with Crippen molar-refractivity contribution in [2.75, 3.05) is 12.9 Å². The molecule has 2 aromatic rings. The zero-order valence-electron chi connectivity index (χ0n) is 19.4. The smallest absolute Gasteiger partial charge is 0.311 e. The maximum atomic E-state index is 12.0. The molecule has 1 saturated heterocycles. The number of carbonyl (C=O) groups is 1. The van der Waals surface area contributed by atoms with Gasteiger partial charge in [0.15, 0.2) is 9.84 Å². The van der Waals surface area contributed by atoms with Gasteiger partial charge < -0.3 is 29.5 Å². The molecule has 0 bridgehead atoms. The maximum Gasteiger partial charge on any atom is 0.311 e. The number of esters is 1. The second kappa shape index (κ2) is 10.0. The summed E-state index contributed by atoms with van der Waals surface area (Å²) in [6, 6.07) is 13.2. The molecule has 0 amide bonds. The van der Waals surface area contributed by atoms with Gasteiger partial charge in [0.1, 0.15) is 36.8 Å². The Morgan fingerprint density at radius 1 is 0.912 bits per heavy atom. The van der Waals surface area contributed by atoms with Crippen molar-refractivity contribution in [1.29, 1.82) is 0 Å². The molecule has 0 aromatic heterocycles. The van der Waals surface area contributed by atoms with Gasteiger partial charge >= 0.3 is 5.97 Å². The minimum Gasteiger partial charge on any atom is -0.462 e. The predicted molar refractivity (Wildman–Crippen MR) is 123 cm³/mol. The van der Waals surface area contributed by atoms with Crippen molar-refractivity contribution < 1.29 is 42.7 Å². The van der Waals surface area contributed by atoms with Gasteiger partial charge in [-0.05, 0) is 56.2 Å². The SMILES string of the molecule is CC(C)(C)C(=O)OC[C@H]1O[C@H](Oc2ccc(-c3ccc(S(C)(=O)=O)cc3)cc2)[C@@H](O)[C@@H](O)[C@@H]1O. The molecule has 0 unspecified atom stereocenters. The lowest BCUT2D eigenvalue weighted by Crippen LogP contribution is -2.60. The summed E-state index contributed by atoms with van der Waals surface area (Å²) in [5.41, 5.74) is 0.854. The summed E-state index contributed by atoms with van der Waals surface area (Å²) in [5.74, 6) is -0.170. The summed E-state index contributed by atoms with van der Waals surface area (Å²) in [4.78, 5) is 12.2. The zero-order valence-corrected chi connectivity index (χ0v) is 20.2. The largest absolute Gasteiger partial charge is 0.462 e. The highest BCUT2D eigenvalue weighted by Gasteiger charge is 2.45. The van der Waals surface area contributed by atoms with E-state index in [0.717, 1.165) is 17.4 Å². The molecule has 34 heavy (non-hydrogen) atoms. The first-order valence-electron chi connectivity index (χ1n) is 10.7. The Labute approximate surface area is 198 Å². The van der Waals surface area contributed by atoms with Crippen LogP contribution in [0.4, 0.5) is 0 Å². The van der Waals surface area contributed by atoms with E-state index >= 15 is 0 Å². The van der Waals surface area contributed by atoms with Crippen LogP contribution in [0.25, 0.3) is 11.1 Å². The first-order chi connectivity index (χ1) is 15.8. The Kier molecular flexibility index (Phi) is 7.69. The van der Waals surface area contributed by atoms with E-state index in [0.29, 0.717) is 5.75 Å². The summed E-state index contributed by atoms with van der Waals surface area (Å²) in [7, 11) is -3.28. The van der Waals surface area contributed by atoms with Crippen LogP contribution in [0, 0.1) is 5.41 Å². The molecule has 3 N–H and O–H groups in total. The van der Waals surface area contributed by atoms with Gasteiger partial charge in [-0.1, -0.05) is 24.3 Å². The maximum absolute atomic E-state index is 12.0. The average Bonchev–Trinajstić information content (AvgIpc) is 2.77. The van der Waals surface area contributed by atoms with Gasteiger partial charge in [-0.15, -0.1) is 0 Å². The lowest BCUT2D eigenvalue weighted by atomic mass is 9.97. The Bertz CT molecular complexity index is 1090. The number of carbonyl (C=O) groups excluding carboxylic acids is 1. The van der Waals surface area contributed by atoms with E-state index in [1.807, 2.05) is 0 Å². The molecule has 1 heterocycles. The Balaban J connectivity index is 1.68. The standard InChI is InChI=1S/C24H30O9S/c1-24(2,3)23(28)31-13-18-19(25)20(26)21(27)22(33-18)32-16-9-5-14(6-10-16)15-7-11-17(12-8-15)34(4,29)30/h5-12,18-22,25-27H,13H2,1-4H3/t18-,19-,20+,21+,22+/m1/s1. The Hall–Kier alpha value is -2.50. The number of rotatable bonds is 6. The topological polar surface area (TPSA) is 140 Å². The molecule has 0 saturated carbocycles. The fourth-order valence-corrected chi connectivity index (χ4v) is 3.91. The van der Waals surface area contributed by atoms with Crippen LogP contribution in [-0.4, -0.2) is 73.3 Å². The van der Waals surface area contributed by atoms with E-state index in [-0.39, 0.29) is 11.5 Å². The number of aliphatic hydroxyl groups is 3. The molecular weight excluding hydrogens is 464 g/mol. The van der Waals surface area contributed by atoms with Crippen LogP contribution in [0.3, 0.4) is 0 Å². The minimum atomic E-state index is -3.28. The zero-order chi connectivity index (χ0) is 25.3. The molecule has 3 rings (SSSR count). The van der Waals surface area contributed by atoms with Gasteiger partial charge in [0.25, 0.3) is 0 Å². The van der Waals surface area contributed by atoms with Crippen molar-refractivity contribution in [1.82, 2.24) is 0 Å². The quantitative estimate of drug-likeness (QED) is 0.510. The van der Waals surface area contributed by atoms with Gasteiger partial charge in [-0.3, -0.25) is 4.79 Å². The fraction of sp³-hybridized carbons (Fsp3) is 0.458. The van der Waals surface area contributed by atoms with Crippen molar-refractivity contribution in [3.8, 4) is 16.9 Å². The number of hydrogen-bond acceptors (Lipinski definition) is 9. The number of hydrogen-bond donors (Lipinski definition) is 3.